The second-order valence-electron chi connectivity index (χ2n) is 3.73. The molecule has 1 aromatic heterocycles. The first-order chi connectivity index (χ1) is 7.09. The molecular weight excluding hydrogens is 342 g/mol. The zero-order chi connectivity index (χ0) is 11.0. The summed E-state index contributed by atoms with van der Waals surface area (Å²) in [6.45, 7) is 3.00. The van der Waals surface area contributed by atoms with E-state index in [1.54, 1.807) is 11.3 Å². The maximum atomic E-state index is 12.2. The van der Waals surface area contributed by atoms with Crippen LogP contribution in [-0.4, -0.2) is 23.4 Å². The molecule has 1 unspecified atom stereocenters. The summed E-state index contributed by atoms with van der Waals surface area (Å²) in [5.74, 6) is 0.147. The molecule has 2 heterocycles. The first kappa shape index (κ1) is 11.6. The van der Waals surface area contributed by atoms with Crippen molar-refractivity contribution in [2.75, 3.05) is 6.54 Å². The Labute approximate surface area is 110 Å². The Bertz CT molecular complexity index is 391. The van der Waals surface area contributed by atoms with Gasteiger partial charge in [-0.1, -0.05) is 0 Å². The largest absolute Gasteiger partial charge is 0.336 e. The van der Waals surface area contributed by atoms with E-state index in [4.69, 9.17) is 0 Å². The second-order valence-corrected chi connectivity index (χ2v) is 7.48. The van der Waals surface area contributed by atoms with Crippen molar-refractivity contribution >= 4 is 49.1 Å². The SMILES string of the molecule is CC1CCCN1C(=O)c1cc(Br)sc1Br. The summed E-state index contributed by atoms with van der Waals surface area (Å²) in [6, 6.07) is 2.27. The summed E-state index contributed by atoms with van der Waals surface area (Å²) in [7, 11) is 0. The van der Waals surface area contributed by atoms with Crippen LogP contribution in [0.5, 0.6) is 0 Å². The van der Waals surface area contributed by atoms with Crippen molar-refractivity contribution in [3.05, 3.63) is 19.2 Å². The molecule has 2 rings (SSSR count). The maximum absolute atomic E-state index is 12.2. The molecule has 0 saturated carbocycles. The van der Waals surface area contributed by atoms with E-state index in [-0.39, 0.29) is 5.91 Å². The molecule has 0 N–H and O–H groups in total. The minimum Gasteiger partial charge on any atom is -0.336 e. The van der Waals surface area contributed by atoms with Crippen molar-refractivity contribution in [3.8, 4) is 0 Å². The van der Waals surface area contributed by atoms with Crippen LogP contribution in [0.15, 0.2) is 13.6 Å². The molecular formula is C10H11Br2NOS. The Kier molecular flexibility index (Phi) is 3.52. The summed E-state index contributed by atoms with van der Waals surface area (Å²) in [5.41, 5.74) is 0.778. The van der Waals surface area contributed by atoms with E-state index in [0.717, 1.165) is 32.5 Å². The summed E-state index contributed by atoms with van der Waals surface area (Å²) in [4.78, 5) is 14.1. The molecule has 1 fully saturated rings. The van der Waals surface area contributed by atoms with Gasteiger partial charge in [-0.2, -0.15) is 0 Å². The highest BCUT2D eigenvalue weighted by atomic mass is 79.9. The Morgan fingerprint density at radius 2 is 2.33 bits per heavy atom. The first-order valence-electron chi connectivity index (χ1n) is 4.85. The summed E-state index contributed by atoms with van der Waals surface area (Å²) in [5, 5.41) is 0. The molecule has 82 valence electrons. The van der Waals surface area contributed by atoms with Crippen LogP contribution in [0, 0.1) is 0 Å². The van der Waals surface area contributed by atoms with Gasteiger partial charge in [0, 0.05) is 12.6 Å². The highest BCUT2D eigenvalue weighted by Crippen LogP contribution is 2.33. The Hall–Kier alpha value is 0.130. The highest BCUT2D eigenvalue weighted by Gasteiger charge is 2.27. The predicted molar refractivity (Wildman–Crippen MR) is 69.5 cm³/mol. The molecule has 5 heteroatoms. The van der Waals surface area contributed by atoms with E-state index in [1.807, 2.05) is 11.0 Å². The number of carbonyl (C=O) groups is 1. The minimum atomic E-state index is 0.147. The van der Waals surface area contributed by atoms with Gasteiger partial charge in [-0.15, -0.1) is 11.3 Å². The third-order valence-corrected chi connectivity index (χ3v) is 5.04. The molecule has 2 nitrogen and oxygen atoms in total. The molecule has 1 amide bonds. The van der Waals surface area contributed by atoms with Crippen LogP contribution in [0.3, 0.4) is 0 Å². The molecule has 1 saturated heterocycles. The third-order valence-electron chi connectivity index (χ3n) is 2.70. The van der Waals surface area contributed by atoms with Gasteiger partial charge in [-0.05, 0) is 57.7 Å². The molecule has 1 aromatic rings. The van der Waals surface area contributed by atoms with Gasteiger partial charge in [-0.3, -0.25) is 4.79 Å². The smallest absolute Gasteiger partial charge is 0.256 e. The molecule has 0 radical (unpaired) electrons. The average molecular weight is 353 g/mol. The molecule has 0 aliphatic carbocycles. The quantitative estimate of drug-likeness (QED) is 0.750. The molecule has 15 heavy (non-hydrogen) atoms. The van der Waals surface area contributed by atoms with Gasteiger partial charge in [0.25, 0.3) is 5.91 Å². The van der Waals surface area contributed by atoms with Crippen LogP contribution in [0.2, 0.25) is 0 Å². The van der Waals surface area contributed by atoms with E-state index in [9.17, 15) is 4.79 Å². The van der Waals surface area contributed by atoms with Crippen LogP contribution in [0.1, 0.15) is 30.1 Å². The number of amides is 1. The van der Waals surface area contributed by atoms with Gasteiger partial charge in [0.15, 0.2) is 0 Å². The molecule has 0 aromatic carbocycles. The van der Waals surface area contributed by atoms with Crippen molar-refractivity contribution in [1.29, 1.82) is 0 Å². The van der Waals surface area contributed by atoms with E-state index in [2.05, 4.69) is 38.8 Å². The number of thiophene rings is 1. The fraction of sp³-hybridized carbons (Fsp3) is 0.500. The second kappa shape index (κ2) is 4.55. The minimum absolute atomic E-state index is 0.147. The van der Waals surface area contributed by atoms with Crippen molar-refractivity contribution < 1.29 is 4.79 Å². The molecule has 0 spiro atoms. The Morgan fingerprint density at radius 1 is 1.60 bits per heavy atom. The van der Waals surface area contributed by atoms with Crippen molar-refractivity contribution in [2.24, 2.45) is 0 Å². The van der Waals surface area contributed by atoms with Crippen molar-refractivity contribution in [1.82, 2.24) is 4.90 Å². The van der Waals surface area contributed by atoms with E-state index >= 15 is 0 Å². The van der Waals surface area contributed by atoms with Gasteiger partial charge in [0.2, 0.25) is 0 Å². The van der Waals surface area contributed by atoms with E-state index < -0.39 is 0 Å². The third kappa shape index (κ3) is 2.29. The van der Waals surface area contributed by atoms with Crippen LogP contribution in [0.25, 0.3) is 0 Å². The summed E-state index contributed by atoms with van der Waals surface area (Å²) < 4.78 is 1.91. The van der Waals surface area contributed by atoms with E-state index in [1.165, 1.54) is 0 Å². The molecule has 1 aliphatic rings. The molecule has 0 bridgehead atoms. The maximum Gasteiger partial charge on any atom is 0.256 e. The molecule has 1 aliphatic heterocycles. The number of carbonyl (C=O) groups excluding carboxylic acids is 1. The first-order valence-corrected chi connectivity index (χ1v) is 7.25. The number of likely N-dealkylation sites (tertiary alicyclic amines) is 1. The zero-order valence-corrected chi connectivity index (χ0v) is 12.3. The fourth-order valence-corrected chi connectivity index (χ4v) is 4.65. The fourth-order valence-electron chi connectivity index (χ4n) is 1.88. The lowest BCUT2D eigenvalue weighted by Crippen LogP contribution is -2.33. The predicted octanol–water partition coefficient (Wildman–Crippen LogP) is 3.90. The summed E-state index contributed by atoms with van der Waals surface area (Å²) >= 11 is 8.36. The average Bonchev–Trinajstić information content (AvgIpc) is 2.71. The number of halogens is 2. The lowest BCUT2D eigenvalue weighted by Gasteiger charge is -2.20. The number of hydrogen-bond donors (Lipinski definition) is 0. The van der Waals surface area contributed by atoms with Crippen LogP contribution in [0.4, 0.5) is 0 Å². The van der Waals surface area contributed by atoms with Crippen molar-refractivity contribution in [3.63, 3.8) is 0 Å². The lowest BCUT2D eigenvalue weighted by molar-refractivity contribution is 0.0747. The van der Waals surface area contributed by atoms with Gasteiger partial charge in [-0.25, -0.2) is 0 Å². The van der Waals surface area contributed by atoms with Crippen LogP contribution in [-0.2, 0) is 0 Å². The Balaban J connectivity index is 2.24. The topological polar surface area (TPSA) is 20.3 Å². The van der Waals surface area contributed by atoms with E-state index in [0.29, 0.717) is 6.04 Å². The zero-order valence-electron chi connectivity index (χ0n) is 8.30. The number of hydrogen-bond acceptors (Lipinski definition) is 2. The number of nitrogens with zero attached hydrogens (tertiary/aromatic N) is 1. The van der Waals surface area contributed by atoms with Gasteiger partial charge < -0.3 is 4.90 Å². The standard InChI is InChI=1S/C10H11Br2NOS/c1-6-3-2-4-13(6)10(14)7-5-8(11)15-9(7)12/h5-6H,2-4H2,1H3. The highest BCUT2D eigenvalue weighted by molar-refractivity contribution is 9.12. The number of rotatable bonds is 1. The van der Waals surface area contributed by atoms with Crippen molar-refractivity contribution in [2.45, 2.75) is 25.8 Å². The monoisotopic (exact) mass is 351 g/mol. The lowest BCUT2D eigenvalue weighted by atomic mass is 10.2. The normalized spacial score (nSPS) is 21.0. The van der Waals surface area contributed by atoms with Gasteiger partial charge >= 0.3 is 0 Å². The summed E-state index contributed by atoms with van der Waals surface area (Å²) in [6.07, 6.45) is 2.24. The van der Waals surface area contributed by atoms with Gasteiger partial charge in [0.1, 0.15) is 0 Å². The van der Waals surface area contributed by atoms with Crippen LogP contribution >= 0.6 is 43.2 Å². The molecule has 1 atom stereocenters. The Morgan fingerprint density at radius 3 is 2.80 bits per heavy atom. The van der Waals surface area contributed by atoms with Crippen LogP contribution < -0.4 is 0 Å². The van der Waals surface area contributed by atoms with Gasteiger partial charge in [0.05, 0.1) is 13.1 Å².